The van der Waals surface area contributed by atoms with Crippen LogP contribution in [0.2, 0.25) is 0 Å². The van der Waals surface area contributed by atoms with Crippen LogP contribution >= 0.6 is 0 Å². The maximum atomic E-state index is 11.3. The monoisotopic (exact) mass is 380 g/mol. The molecule has 0 bridgehead atoms. The lowest BCUT2D eigenvalue weighted by molar-refractivity contribution is -0.143. The van der Waals surface area contributed by atoms with Crippen LogP contribution in [0.5, 0.6) is 11.5 Å². The predicted octanol–water partition coefficient (Wildman–Crippen LogP) is 3.85. The second kappa shape index (κ2) is 7.92. The molecule has 6 nitrogen and oxygen atoms in total. The molecule has 6 heteroatoms. The van der Waals surface area contributed by atoms with Gasteiger partial charge in [0.25, 0.3) is 0 Å². The van der Waals surface area contributed by atoms with Crippen molar-refractivity contribution in [1.29, 1.82) is 0 Å². The van der Waals surface area contributed by atoms with Gasteiger partial charge in [0, 0.05) is 37.1 Å². The molecule has 0 amide bonds. The summed E-state index contributed by atoms with van der Waals surface area (Å²) in [7, 11) is 0. The third-order valence-corrected chi connectivity index (χ3v) is 4.84. The van der Waals surface area contributed by atoms with Gasteiger partial charge in [-0.05, 0) is 17.7 Å². The van der Waals surface area contributed by atoms with Gasteiger partial charge in [0.15, 0.2) is 11.5 Å². The fraction of sp³-hybridized carbons (Fsp3) is 0.364. The van der Waals surface area contributed by atoms with Crippen molar-refractivity contribution in [2.24, 2.45) is 0 Å². The van der Waals surface area contributed by atoms with Gasteiger partial charge >= 0.3 is 5.97 Å². The number of fused-ring (bicyclic) bond motifs is 2. The Morgan fingerprint density at radius 1 is 1.11 bits per heavy atom. The van der Waals surface area contributed by atoms with E-state index in [1.807, 2.05) is 12.1 Å². The molecule has 0 unspecified atom stereocenters. The summed E-state index contributed by atoms with van der Waals surface area (Å²) < 4.78 is 18.8. The molecule has 146 valence electrons. The molecule has 1 aliphatic rings. The van der Waals surface area contributed by atoms with Crippen molar-refractivity contribution in [1.82, 2.24) is 9.55 Å². The Labute approximate surface area is 164 Å². The molecule has 0 saturated carbocycles. The van der Waals surface area contributed by atoms with Gasteiger partial charge in [0.2, 0.25) is 0 Å². The molecule has 28 heavy (non-hydrogen) atoms. The number of esters is 1. The Bertz CT molecular complexity index is 992. The van der Waals surface area contributed by atoms with E-state index >= 15 is 0 Å². The summed E-state index contributed by atoms with van der Waals surface area (Å²) in [6, 6.07) is 12.3. The maximum Gasteiger partial charge on any atom is 0.305 e. The summed E-state index contributed by atoms with van der Waals surface area (Å²) in [5.74, 6) is 2.34. The summed E-state index contributed by atoms with van der Waals surface area (Å²) in [5.41, 5.74) is 4.08. The number of nitrogens with zero attached hydrogens (tertiary/aromatic N) is 2. The Morgan fingerprint density at radius 3 is 2.50 bits per heavy atom. The highest BCUT2D eigenvalue weighted by Crippen LogP contribution is 2.35. The quantitative estimate of drug-likeness (QED) is 0.608. The van der Waals surface area contributed by atoms with Crippen LogP contribution in [0.4, 0.5) is 0 Å². The number of rotatable bonds is 6. The third kappa shape index (κ3) is 3.54. The normalized spacial score (nSPS) is 12.9. The zero-order chi connectivity index (χ0) is 19.5. The first-order chi connectivity index (χ1) is 13.7. The van der Waals surface area contributed by atoms with Gasteiger partial charge in [0.1, 0.15) is 19.0 Å². The number of hydrogen-bond donors (Lipinski definition) is 0. The summed E-state index contributed by atoms with van der Waals surface area (Å²) in [4.78, 5) is 16.0. The summed E-state index contributed by atoms with van der Waals surface area (Å²) in [6.45, 7) is 5.43. The summed E-state index contributed by atoms with van der Waals surface area (Å²) in [5, 5.41) is 0. The molecule has 0 N–H and O–H groups in total. The van der Waals surface area contributed by atoms with Crippen molar-refractivity contribution < 1.29 is 19.0 Å². The first-order valence-corrected chi connectivity index (χ1v) is 9.75. The topological polar surface area (TPSA) is 62.6 Å². The minimum Gasteiger partial charge on any atom is -0.486 e. The van der Waals surface area contributed by atoms with Crippen molar-refractivity contribution in [2.45, 2.75) is 33.1 Å². The molecule has 1 aliphatic heterocycles. The van der Waals surface area contributed by atoms with Crippen molar-refractivity contribution in [3.63, 3.8) is 0 Å². The zero-order valence-corrected chi connectivity index (χ0v) is 16.2. The van der Waals surface area contributed by atoms with Crippen LogP contribution in [0, 0.1) is 0 Å². The van der Waals surface area contributed by atoms with Crippen LogP contribution < -0.4 is 9.47 Å². The van der Waals surface area contributed by atoms with Crippen LogP contribution in [0.15, 0.2) is 36.4 Å². The van der Waals surface area contributed by atoms with E-state index in [1.54, 1.807) is 6.92 Å². The fourth-order valence-electron chi connectivity index (χ4n) is 3.39. The number of aromatic nitrogens is 2. The van der Waals surface area contributed by atoms with Crippen molar-refractivity contribution >= 4 is 17.0 Å². The Hall–Kier alpha value is -3.02. The Balaban J connectivity index is 1.63. The van der Waals surface area contributed by atoms with Crippen molar-refractivity contribution in [3.8, 4) is 17.2 Å². The minimum absolute atomic E-state index is 0.163. The Morgan fingerprint density at radius 2 is 1.82 bits per heavy atom. The first-order valence-electron chi connectivity index (χ1n) is 9.75. The van der Waals surface area contributed by atoms with E-state index in [1.165, 1.54) is 0 Å². The number of benzene rings is 2. The molecule has 2 aromatic carbocycles. The van der Waals surface area contributed by atoms with Gasteiger partial charge in [0.05, 0.1) is 17.6 Å². The molecule has 0 aliphatic carbocycles. The van der Waals surface area contributed by atoms with Crippen molar-refractivity contribution in [2.75, 3.05) is 19.8 Å². The summed E-state index contributed by atoms with van der Waals surface area (Å²) >= 11 is 0. The molecule has 0 saturated heterocycles. The number of carbonyl (C=O) groups is 1. The van der Waals surface area contributed by atoms with Crippen LogP contribution in [0.1, 0.15) is 31.7 Å². The molecule has 0 atom stereocenters. The molecule has 0 spiro atoms. The van der Waals surface area contributed by atoms with E-state index in [-0.39, 0.29) is 5.97 Å². The SMILES string of the molecule is CCC(=O)OCCc1ccc(-n2c(CC)nc3cc4c(cc32)OCCO4)cc1. The highest BCUT2D eigenvalue weighted by Gasteiger charge is 2.18. The smallest absolute Gasteiger partial charge is 0.305 e. The van der Waals surface area contributed by atoms with Gasteiger partial charge in [-0.2, -0.15) is 0 Å². The van der Waals surface area contributed by atoms with E-state index in [2.05, 4.69) is 35.8 Å². The lowest BCUT2D eigenvalue weighted by Crippen LogP contribution is -2.15. The molecule has 0 radical (unpaired) electrons. The standard InChI is InChI=1S/C22H24N2O4/c1-3-21-23-17-13-19-20(27-12-11-26-19)14-18(17)24(21)16-7-5-15(6-8-16)9-10-28-22(25)4-2/h5-8,13-14H,3-4,9-12H2,1-2H3. The fourth-order valence-corrected chi connectivity index (χ4v) is 3.39. The number of aryl methyl sites for hydroxylation is 1. The van der Waals surface area contributed by atoms with Gasteiger partial charge in [-0.25, -0.2) is 4.98 Å². The predicted molar refractivity (Wildman–Crippen MR) is 106 cm³/mol. The first kappa shape index (κ1) is 18.3. The minimum atomic E-state index is -0.163. The number of hydrogen-bond acceptors (Lipinski definition) is 5. The second-order valence-electron chi connectivity index (χ2n) is 6.69. The molecular weight excluding hydrogens is 356 g/mol. The van der Waals surface area contributed by atoms with E-state index in [9.17, 15) is 4.79 Å². The lowest BCUT2D eigenvalue weighted by atomic mass is 10.1. The second-order valence-corrected chi connectivity index (χ2v) is 6.69. The van der Waals surface area contributed by atoms with Gasteiger partial charge in [-0.15, -0.1) is 0 Å². The lowest BCUT2D eigenvalue weighted by Gasteiger charge is -2.18. The summed E-state index contributed by atoms with van der Waals surface area (Å²) in [6.07, 6.45) is 1.93. The average molecular weight is 380 g/mol. The molecule has 1 aromatic heterocycles. The number of imidazole rings is 1. The molecule has 0 fully saturated rings. The van der Waals surface area contributed by atoms with Crippen LogP contribution in [0.25, 0.3) is 16.7 Å². The van der Waals surface area contributed by atoms with Crippen LogP contribution in [-0.4, -0.2) is 35.3 Å². The highest BCUT2D eigenvalue weighted by atomic mass is 16.6. The van der Waals surface area contributed by atoms with Gasteiger partial charge in [-0.1, -0.05) is 26.0 Å². The zero-order valence-electron chi connectivity index (χ0n) is 16.2. The number of carbonyl (C=O) groups excluding carboxylic acids is 1. The maximum absolute atomic E-state index is 11.3. The molecular formula is C22H24N2O4. The highest BCUT2D eigenvalue weighted by molar-refractivity contribution is 5.82. The van der Waals surface area contributed by atoms with E-state index in [4.69, 9.17) is 19.2 Å². The van der Waals surface area contributed by atoms with Gasteiger partial charge in [-0.3, -0.25) is 9.36 Å². The van der Waals surface area contributed by atoms with Gasteiger partial charge < -0.3 is 14.2 Å². The van der Waals surface area contributed by atoms with Crippen LogP contribution in [0.3, 0.4) is 0 Å². The van der Waals surface area contributed by atoms with Crippen molar-refractivity contribution in [3.05, 3.63) is 47.8 Å². The molecule has 2 heterocycles. The van der Waals surface area contributed by atoms with E-state index in [0.29, 0.717) is 32.7 Å². The largest absolute Gasteiger partial charge is 0.486 e. The Kier molecular flexibility index (Phi) is 5.19. The molecule has 3 aromatic rings. The van der Waals surface area contributed by atoms with E-state index < -0.39 is 0 Å². The van der Waals surface area contributed by atoms with Crippen LogP contribution in [-0.2, 0) is 22.4 Å². The average Bonchev–Trinajstić information content (AvgIpc) is 3.09. The third-order valence-electron chi connectivity index (χ3n) is 4.84. The molecule has 4 rings (SSSR count). The number of ether oxygens (including phenoxy) is 3. The van der Waals surface area contributed by atoms with E-state index in [0.717, 1.165) is 46.0 Å².